The molecule has 0 aliphatic rings. The Morgan fingerprint density at radius 1 is 1.00 bits per heavy atom. The van der Waals surface area contributed by atoms with Crippen molar-refractivity contribution in [3.05, 3.63) is 0 Å². The quantitative estimate of drug-likeness (QED) is 0.548. The Hall–Kier alpha value is -1.52. The topological polar surface area (TPSA) is 83.8 Å². The van der Waals surface area contributed by atoms with E-state index < -0.39 is 42.9 Å². The summed E-state index contributed by atoms with van der Waals surface area (Å²) < 4.78 is 79.0. The van der Waals surface area contributed by atoms with E-state index in [0.717, 1.165) is 0 Å². The summed E-state index contributed by atoms with van der Waals surface area (Å²) in [5, 5.41) is 15.8. The van der Waals surface area contributed by atoms with Crippen molar-refractivity contribution in [2.24, 2.45) is 0 Å². The smallest absolute Gasteiger partial charge is 0.411 e. The van der Waals surface area contributed by atoms with Crippen LogP contribution >= 0.6 is 0 Å². The number of alkyl halides is 6. The van der Waals surface area contributed by atoms with Gasteiger partial charge in [0.2, 0.25) is 0 Å². The molecule has 0 spiro atoms. The maximum absolute atomic E-state index is 12.7. The van der Waals surface area contributed by atoms with Crippen LogP contribution in [-0.4, -0.2) is 53.1 Å². The Morgan fingerprint density at radius 3 is 1.78 bits per heavy atom. The maximum Gasteiger partial charge on any atom is 0.411 e. The van der Waals surface area contributed by atoms with Gasteiger partial charge in [-0.3, -0.25) is 0 Å². The first-order valence-corrected chi connectivity index (χ1v) is 4.07. The highest BCUT2D eigenvalue weighted by Crippen LogP contribution is 2.46. The number of hydrogen-bond acceptors (Lipinski definition) is 4. The number of hydrogen-bond donors (Lipinski definition) is 2. The summed E-state index contributed by atoms with van der Waals surface area (Å²) in [4.78, 5) is 20.2. The lowest BCUT2D eigenvalue weighted by Gasteiger charge is -2.28. The molecular formula is C7H6F6O5. The first-order chi connectivity index (χ1) is 7.92. The van der Waals surface area contributed by atoms with Gasteiger partial charge in [0.1, 0.15) is 6.61 Å². The number of esters is 1. The lowest BCUT2D eigenvalue weighted by molar-refractivity contribution is -0.299. The summed E-state index contributed by atoms with van der Waals surface area (Å²) in [6.07, 6.45) is 0. The summed E-state index contributed by atoms with van der Waals surface area (Å²) >= 11 is 0. The molecule has 106 valence electrons. The zero-order valence-corrected chi connectivity index (χ0v) is 8.30. The summed E-state index contributed by atoms with van der Waals surface area (Å²) in [6.45, 7) is -2.15. The van der Waals surface area contributed by atoms with Crippen LogP contribution in [0.3, 0.4) is 0 Å². The number of carboxylic acid groups (broad SMARTS) is 1. The van der Waals surface area contributed by atoms with Crippen molar-refractivity contribution in [1.29, 1.82) is 0 Å². The predicted octanol–water partition coefficient (Wildman–Crippen LogP) is 0.512. The minimum atomic E-state index is -6.49. The number of aliphatic carboxylic acids is 1. The van der Waals surface area contributed by atoms with Crippen LogP contribution in [0.5, 0.6) is 0 Å². The maximum atomic E-state index is 12.7. The van der Waals surface area contributed by atoms with E-state index in [1.807, 2.05) is 0 Å². The van der Waals surface area contributed by atoms with Crippen molar-refractivity contribution in [3.8, 4) is 0 Å². The molecule has 18 heavy (non-hydrogen) atoms. The van der Waals surface area contributed by atoms with Crippen LogP contribution in [-0.2, 0) is 14.3 Å². The van der Waals surface area contributed by atoms with Gasteiger partial charge in [0.25, 0.3) is 0 Å². The third-order valence-corrected chi connectivity index (χ3v) is 1.64. The van der Waals surface area contributed by atoms with Crippen LogP contribution in [0.15, 0.2) is 0 Å². The van der Waals surface area contributed by atoms with Crippen LogP contribution in [0.2, 0.25) is 0 Å². The van der Waals surface area contributed by atoms with E-state index in [1.165, 1.54) is 0 Å². The first-order valence-electron chi connectivity index (χ1n) is 4.07. The molecule has 0 unspecified atom stereocenters. The molecule has 0 fully saturated rings. The molecule has 0 rings (SSSR count). The van der Waals surface area contributed by atoms with Crippen LogP contribution in [0, 0.1) is 0 Å². The summed E-state index contributed by atoms with van der Waals surface area (Å²) in [5.41, 5.74) is 0. The number of carboxylic acids is 1. The highest BCUT2D eigenvalue weighted by atomic mass is 19.3. The number of aliphatic hydroxyl groups is 1. The highest BCUT2D eigenvalue weighted by Gasteiger charge is 2.79. The minimum absolute atomic E-state index is 1.01. The molecule has 0 radical (unpaired) electrons. The Balaban J connectivity index is 5.31. The molecule has 0 saturated heterocycles. The molecule has 2 N–H and O–H groups in total. The van der Waals surface area contributed by atoms with Crippen molar-refractivity contribution >= 4 is 11.9 Å². The fourth-order valence-electron chi connectivity index (χ4n) is 0.689. The Kier molecular flexibility index (Phi) is 4.58. The van der Waals surface area contributed by atoms with Crippen molar-refractivity contribution in [2.45, 2.75) is 17.8 Å². The zero-order chi connectivity index (χ0) is 14.8. The Morgan fingerprint density at radius 2 is 1.44 bits per heavy atom. The molecule has 0 heterocycles. The molecule has 0 saturated carbocycles. The van der Waals surface area contributed by atoms with Crippen molar-refractivity contribution < 1.29 is 50.9 Å². The molecule has 0 aromatic heterocycles. The van der Waals surface area contributed by atoms with E-state index in [4.69, 9.17) is 10.2 Å². The van der Waals surface area contributed by atoms with Gasteiger partial charge in [0.05, 0.1) is 6.61 Å². The van der Waals surface area contributed by atoms with Crippen molar-refractivity contribution in [2.75, 3.05) is 13.2 Å². The number of carbonyl (C=O) groups excluding carboxylic acids is 1. The monoisotopic (exact) mass is 284 g/mol. The Bertz CT molecular complexity index is 341. The molecule has 0 aromatic rings. The van der Waals surface area contributed by atoms with Gasteiger partial charge in [-0.15, -0.1) is 0 Å². The molecule has 0 atom stereocenters. The number of aliphatic hydroxyl groups excluding tert-OH is 1. The molecule has 0 aliphatic heterocycles. The molecule has 0 amide bonds. The average molecular weight is 284 g/mol. The fraction of sp³-hybridized carbons (Fsp3) is 0.714. The normalized spacial score (nSPS) is 13.3. The summed E-state index contributed by atoms with van der Waals surface area (Å²) in [5.74, 6) is -25.3. The summed E-state index contributed by atoms with van der Waals surface area (Å²) in [7, 11) is 0. The van der Waals surface area contributed by atoms with E-state index in [9.17, 15) is 35.9 Å². The number of rotatable bonds is 6. The molecule has 5 nitrogen and oxygen atoms in total. The standard InChI is InChI=1S/C7H6F6O5/c8-5(9,3(15)16)7(12,13)6(10,11)4(17)18-2-1-14/h14H,1-2H2,(H,15,16). The third kappa shape index (κ3) is 2.49. The van der Waals surface area contributed by atoms with Gasteiger partial charge in [-0.1, -0.05) is 0 Å². The van der Waals surface area contributed by atoms with E-state index in [1.54, 1.807) is 0 Å². The molecular weight excluding hydrogens is 278 g/mol. The van der Waals surface area contributed by atoms with Gasteiger partial charge in [-0.2, -0.15) is 26.3 Å². The summed E-state index contributed by atoms with van der Waals surface area (Å²) in [6, 6.07) is 0. The van der Waals surface area contributed by atoms with Crippen LogP contribution in [0.1, 0.15) is 0 Å². The number of ether oxygens (including phenoxy) is 1. The number of carbonyl (C=O) groups is 2. The molecule has 11 heteroatoms. The first kappa shape index (κ1) is 16.5. The largest absolute Gasteiger partial charge is 0.477 e. The van der Waals surface area contributed by atoms with Gasteiger partial charge in [-0.05, 0) is 0 Å². The van der Waals surface area contributed by atoms with Crippen LogP contribution in [0.4, 0.5) is 26.3 Å². The molecule has 0 aromatic carbocycles. The van der Waals surface area contributed by atoms with Crippen LogP contribution in [0.25, 0.3) is 0 Å². The van der Waals surface area contributed by atoms with E-state index in [2.05, 4.69) is 4.74 Å². The second-order valence-electron chi connectivity index (χ2n) is 2.89. The van der Waals surface area contributed by atoms with E-state index in [0.29, 0.717) is 0 Å². The van der Waals surface area contributed by atoms with Crippen molar-refractivity contribution in [3.63, 3.8) is 0 Å². The van der Waals surface area contributed by atoms with Crippen LogP contribution < -0.4 is 0 Å². The van der Waals surface area contributed by atoms with E-state index >= 15 is 0 Å². The van der Waals surface area contributed by atoms with Gasteiger partial charge < -0.3 is 14.9 Å². The fourth-order valence-corrected chi connectivity index (χ4v) is 0.689. The van der Waals surface area contributed by atoms with Gasteiger partial charge >= 0.3 is 29.7 Å². The second-order valence-corrected chi connectivity index (χ2v) is 2.89. The highest BCUT2D eigenvalue weighted by molar-refractivity contribution is 5.83. The average Bonchev–Trinajstić information content (AvgIpc) is 2.24. The van der Waals surface area contributed by atoms with E-state index in [-0.39, 0.29) is 0 Å². The third-order valence-electron chi connectivity index (χ3n) is 1.64. The van der Waals surface area contributed by atoms with Crippen molar-refractivity contribution in [1.82, 2.24) is 0 Å². The molecule has 0 aliphatic carbocycles. The van der Waals surface area contributed by atoms with Gasteiger partial charge in [-0.25, -0.2) is 9.59 Å². The lowest BCUT2D eigenvalue weighted by Crippen LogP contribution is -2.61. The molecule has 0 bridgehead atoms. The Labute approximate surface area is 94.9 Å². The van der Waals surface area contributed by atoms with Gasteiger partial charge in [0, 0.05) is 0 Å². The SMILES string of the molecule is O=C(O)C(F)(F)C(F)(F)C(F)(F)C(=O)OCCO. The minimum Gasteiger partial charge on any atom is -0.477 e. The number of halogens is 6. The predicted molar refractivity (Wildman–Crippen MR) is 40.5 cm³/mol. The van der Waals surface area contributed by atoms with Gasteiger partial charge in [0.15, 0.2) is 0 Å². The lowest BCUT2D eigenvalue weighted by atomic mass is 10.0. The second kappa shape index (κ2) is 5.00. The zero-order valence-electron chi connectivity index (χ0n) is 8.30.